The maximum Gasteiger partial charge on any atom is 0.00903 e. The summed E-state index contributed by atoms with van der Waals surface area (Å²) in [5.41, 5.74) is 3.04. The summed E-state index contributed by atoms with van der Waals surface area (Å²) in [6.45, 7) is 4.62. The van der Waals surface area contributed by atoms with Gasteiger partial charge in [0.2, 0.25) is 0 Å². The molecular formula is C38H62S. The van der Waals surface area contributed by atoms with Gasteiger partial charge in [-0.1, -0.05) is 190 Å². The number of unbranched alkanes of at least 4 members (excludes halogenated alkanes) is 16. The van der Waals surface area contributed by atoms with Gasteiger partial charge in [0.1, 0.15) is 0 Å². The van der Waals surface area contributed by atoms with E-state index in [2.05, 4.69) is 86.3 Å². The van der Waals surface area contributed by atoms with Crippen molar-refractivity contribution in [1.29, 1.82) is 0 Å². The van der Waals surface area contributed by atoms with Crippen LogP contribution in [0.3, 0.4) is 0 Å². The zero-order chi connectivity index (χ0) is 27.6. The van der Waals surface area contributed by atoms with Crippen LogP contribution in [0.2, 0.25) is 0 Å². The van der Waals surface area contributed by atoms with Crippen LogP contribution < -0.4 is 0 Å². The van der Waals surface area contributed by atoms with Gasteiger partial charge in [0.15, 0.2) is 0 Å². The molecule has 0 spiro atoms. The van der Waals surface area contributed by atoms with Gasteiger partial charge in [-0.2, -0.15) is 11.8 Å². The van der Waals surface area contributed by atoms with Gasteiger partial charge in [-0.05, 0) is 36.8 Å². The molecule has 0 amide bonds. The van der Waals surface area contributed by atoms with Gasteiger partial charge in [-0.15, -0.1) is 0 Å². The average molecular weight is 551 g/mol. The highest BCUT2D eigenvalue weighted by Gasteiger charge is 2.18. The van der Waals surface area contributed by atoms with Crippen LogP contribution in [0.15, 0.2) is 60.7 Å². The minimum atomic E-state index is 0.740. The smallest absolute Gasteiger partial charge is 0.00903 e. The number of benzene rings is 2. The first kappa shape index (κ1) is 34.0. The van der Waals surface area contributed by atoms with E-state index in [1.807, 2.05) is 0 Å². The second-order valence-corrected chi connectivity index (χ2v) is 13.6. The molecular weight excluding hydrogens is 488 g/mol. The maximum absolute atomic E-state index is 2.34. The molecule has 0 nitrogen and oxygen atoms in total. The molecule has 0 saturated heterocycles. The Morgan fingerprint density at radius 2 is 0.718 bits per heavy atom. The Hall–Kier alpha value is -1.21. The molecule has 39 heavy (non-hydrogen) atoms. The summed E-state index contributed by atoms with van der Waals surface area (Å²) in [5.74, 6) is 0. The summed E-state index contributed by atoms with van der Waals surface area (Å²) < 4.78 is 0. The van der Waals surface area contributed by atoms with Gasteiger partial charge in [0.05, 0.1) is 0 Å². The quantitative estimate of drug-likeness (QED) is 0.105. The third-order valence-corrected chi connectivity index (χ3v) is 9.83. The molecule has 1 heteroatoms. The van der Waals surface area contributed by atoms with Crippen LogP contribution in [0.25, 0.3) is 0 Å². The highest BCUT2D eigenvalue weighted by Crippen LogP contribution is 2.31. The van der Waals surface area contributed by atoms with E-state index in [1.165, 1.54) is 152 Å². The molecule has 0 aliphatic carbocycles. The van der Waals surface area contributed by atoms with Gasteiger partial charge in [-0.25, -0.2) is 0 Å². The predicted octanol–water partition coefficient (Wildman–Crippen LogP) is 12.8. The Morgan fingerprint density at radius 1 is 0.410 bits per heavy atom. The van der Waals surface area contributed by atoms with E-state index >= 15 is 0 Å². The van der Waals surface area contributed by atoms with Crippen molar-refractivity contribution >= 4 is 11.8 Å². The summed E-state index contributed by atoms with van der Waals surface area (Å²) >= 11 is 2.33. The Kier molecular flexibility index (Phi) is 21.4. The fourth-order valence-corrected chi connectivity index (χ4v) is 7.56. The van der Waals surface area contributed by atoms with Crippen LogP contribution in [0.4, 0.5) is 0 Å². The Balaban J connectivity index is 1.83. The summed E-state index contributed by atoms with van der Waals surface area (Å²) in [4.78, 5) is 0. The number of hydrogen-bond donors (Lipinski definition) is 0. The van der Waals surface area contributed by atoms with E-state index in [9.17, 15) is 0 Å². The Morgan fingerprint density at radius 3 is 1.05 bits per heavy atom. The molecule has 0 radical (unpaired) electrons. The molecule has 2 aromatic rings. The molecule has 2 rings (SSSR count). The van der Waals surface area contributed by atoms with E-state index in [4.69, 9.17) is 0 Å². The molecule has 2 aromatic carbocycles. The maximum atomic E-state index is 2.34. The average Bonchev–Trinajstić information content (AvgIpc) is 2.96. The van der Waals surface area contributed by atoms with Gasteiger partial charge in [-0.3, -0.25) is 0 Å². The molecule has 2 atom stereocenters. The van der Waals surface area contributed by atoms with Gasteiger partial charge in [0.25, 0.3) is 0 Å². The molecule has 0 aliphatic rings. The van der Waals surface area contributed by atoms with E-state index in [-0.39, 0.29) is 0 Å². The van der Waals surface area contributed by atoms with Crippen LogP contribution in [-0.2, 0) is 12.8 Å². The SMILES string of the molecule is CCCCCCCCCCCC(Cc1ccccc1)SC(CCCCCCCCCCC)Cc1ccccc1. The molecule has 0 heterocycles. The third kappa shape index (κ3) is 18.7. The highest BCUT2D eigenvalue weighted by molar-refractivity contribution is 8.00. The lowest BCUT2D eigenvalue weighted by Crippen LogP contribution is -2.16. The molecule has 220 valence electrons. The van der Waals surface area contributed by atoms with Crippen molar-refractivity contribution in [1.82, 2.24) is 0 Å². The lowest BCUT2D eigenvalue weighted by molar-refractivity contribution is 0.547. The van der Waals surface area contributed by atoms with Crippen LogP contribution >= 0.6 is 11.8 Å². The standard InChI is InChI=1S/C38H62S/c1-3-5-7-9-11-13-15-17-25-31-37(33-35-27-21-19-22-28-35)39-38(34-36-29-23-20-24-30-36)32-26-18-16-14-12-10-8-6-4-2/h19-24,27-30,37-38H,3-18,25-26,31-34H2,1-2H3. The molecule has 0 N–H and O–H groups in total. The molecule has 0 aliphatic heterocycles. The third-order valence-electron chi connectivity index (χ3n) is 8.26. The zero-order valence-electron chi connectivity index (χ0n) is 25.9. The topological polar surface area (TPSA) is 0 Å². The fourth-order valence-electron chi connectivity index (χ4n) is 5.83. The zero-order valence-corrected chi connectivity index (χ0v) is 26.7. The lowest BCUT2D eigenvalue weighted by atomic mass is 10.0. The van der Waals surface area contributed by atoms with E-state index < -0.39 is 0 Å². The van der Waals surface area contributed by atoms with E-state index in [1.54, 1.807) is 0 Å². The highest BCUT2D eigenvalue weighted by atomic mass is 32.2. The first-order valence-corrected chi connectivity index (χ1v) is 18.0. The van der Waals surface area contributed by atoms with Gasteiger partial charge in [0, 0.05) is 10.5 Å². The van der Waals surface area contributed by atoms with Crippen LogP contribution in [0.5, 0.6) is 0 Å². The van der Waals surface area contributed by atoms with Crippen molar-refractivity contribution in [2.75, 3.05) is 0 Å². The minimum absolute atomic E-state index is 0.740. The summed E-state index contributed by atoms with van der Waals surface area (Å²) in [6, 6.07) is 22.6. The largest absolute Gasteiger partial charge is 0.154 e. The Bertz CT molecular complexity index is 689. The molecule has 0 aromatic heterocycles. The van der Waals surface area contributed by atoms with Gasteiger partial charge < -0.3 is 0 Å². The van der Waals surface area contributed by atoms with Crippen molar-refractivity contribution in [2.45, 2.75) is 166 Å². The fraction of sp³-hybridized carbons (Fsp3) is 0.684. The molecule has 0 saturated carbocycles. The lowest BCUT2D eigenvalue weighted by Gasteiger charge is -2.24. The number of rotatable bonds is 26. The second kappa shape index (κ2) is 24.6. The van der Waals surface area contributed by atoms with Gasteiger partial charge >= 0.3 is 0 Å². The number of hydrogen-bond acceptors (Lipinski definition) is 1. The van der Waals surface area contributed by atoms with Crippen molar-refractivity contribution < 1.29 is 0 Å². The first-order chi connectivity index (χ1) is 19.3. The molecule has 0 fully saturated rings. The second-order valence-electron chi connectivity index (χ2n) is 12.0. The van der Waals surface area contributed by atoms with E-state index in [0.29, 0.717) is 0 Å². The predicted molar refractivity (Wildman–Crippen MR) is 179 cm³/mol. The number of thioether (sulfide) groups is 1. The van der Waals surface area contributed by atoms with Crippen LogP contribution in [0.1, 0.15) is 153 Å². The monoisotopic (exact) mass is 550 g/mol. The van der Waals surface area contributed by atoms with Crippen molar-refractivity contribution in [2.24, 2.45) is 0 Å². The van der Waals surface area contributed by atoms with Crippen molar-refractivity contribution in [3.05, 3.63) is 71.8 Å². The first-order valence-electron chi connectivity index (χ1n) is 17.0. The Labute approximate surface area is 248 Å². The summed E-state index contributed by atoms with van der Waals surface area (Å²) in [6.07, 6.45) is 30.8. The summed E-state index contributed by atoms with van der Waals surface area (Å²) in [5, 5.41) is 1.48. The van der Waals surface area contributed by atoms with Crippen molar-refractivity contribution in [3.8, 4) is 0 Å². The van der Waals surface area contributed by atoms with Crippen LogP contribution in [-0.4, -0.2) is 10.5 Å². The van der Waals surface area contributed by atoms with Crippen molar-refractivity contribution in [3.63, 3.8) is 0 Å². The molecule has 0 bridgehead atoms. The van der Waals surface area contributed by atoms with Crippen LogP contribution in [0, 0.1) is 0 Å². The normalized spacial score (nSPS) is 13.0. The molecule has 2 unspecified atom stereocenters. The summed E-state index contributed by atoms with van der Waals surface area (Å²) in [7, 11) is 0. The minimum Gasteiger partial charge on any atom is -0.154 e. The van der Waals surface area contributed by atoms with E-state index in [0.717, 1.165) is 10.5 Å².